The molecule has 0 aliphatic carbocycles. The minimum Gasteiger partial charge on any atom is -0.480 e. The maximum Gasteiger partial charge on any atom is 0.264 e. The van der Waals surface area contributed by atoms with Gasteiger partial charge in [-0.3, -0.25) is 9.71 Å². The van der Waals surface area contributed by atoms with Crippen LogP contribution in [-0.4, -0.2) is 35.5 Å². The minimum atomic E-state index is -4.42. The summed E-state index contributed by atoms with van der Waals surface area (Å²) in [5.74, 6) is -2.16. The quantitative estimate of drug-likeness (QED) is 0.436. The number of hydrogen-bond acceptors (Lipinski definition) is 7. The molecule has 0 unspecified atom stereocenters. The van der Waals surface area contributed by atoms with Gasteiger partial charge >= 0.3 is 0 Å². The Morgan fingerprint density at radius 1 is 0.912 bits per heavy atom. The summed E-state index contributed by atoms with van der Waals surface area (Å²) < 4.78 is 60.6. The van der Waals surface area contributed by atoms with Crippen molar-refractivity contribution >= 4 is 15.7 Å². The number of pyridine rings is 2. The van der Waals surface area contributed by atoms with E-state index in [1.807, 2.05) is 19.1 Å². The first-order chi connectivity index (χ1) is 16.2. The maximum atomic E-state index is 14.2. The van der Waals surface area contributed by atoms with Crippen LogP contribution in [0.3, 0.4) is 0 Å². The lowest BCUT2D eigenvalue weighted by atomic mass is 10.00. The Bertz CT molecular complexity index is 1480. The fourth-order valence-corrected chi connectivity index (χ4v) is 4.47. The highest BCUT2D eigenvalue weighted by atomic mass is 32.2. The zero-order valence-electron chi connectivity index (χ0n) is 18.4. The first-order valence-corrected chi connectivity index (χ1v) is 11.4. The van der Waals surface area contributed by atoms with E-state index in [1.165, 1.54) is 25.7 Å². The van der Waals surface area contributed by atoms with Gasteiger partial charge in [0.2, 0.25) is 5.88 Å². The van der Waals surface area contributed by atoms with Crippen molar-refractivity contribution in [3.05, 3.63) is 78.1 Å². The topological polar surface area (TPSA) is 107 Å². The maximum absolute atomic E-state index is 14.2. The SMILES string of the molecule is COc1ncc(-c2c(C)ncnc2-c2ccc(C)nc2)cc1NS(=O)(=O)c1ccc(F)cc1F. The Morgan fingerprint density at radius 3 is 2.35 bits per heavy atom. The Labute approximate surface area is 194 Å². The number of halogens is 2. The highest BCUT2D eigenvalue weighted by Gasteiger charge is 2.23. The van der Waals surface area contributed by atoms with E-state index in [0.29, 0.717) is 28.6 Å². The van der Waals surface area contributed by atoms with Crippen molar-refractivity contribution in [1.29, 1.82) is 0 Å². The molecule has 4 aromatic rings. The van der Waals surface area contributed by atoms with Gasteiger partial charge in [0.25, 0.3) is 10.0 Å². The van der Waals surface area contributed by atoms with Crippen LogP contribution in [0, 0.1) is 25.5 Å². The first-order valence-electron chi connectivity index (χ1n) is 9.96. The smallest absolute Gasteiger partial charge is 0.264 e. The molecule has 0 amide bonds. The van der Waals surface area contributed by atoms with E-state index in [0.717, 1.165) is 23.4 Å². The average Bonchev–Trinajstić information content (AvgIpc) is 2.79. The molecule has 1 N–H and O–H groups in total. The number of nitrogens with zero attached hydrogens (tertiary/aromatic N) is 4. The molecule has 0 bridgehead atoms. The third kappa shape index (κ3) is 4.55. The summed E-state index contributed by atoms with van der Waals surface area (Å²) in [6.07, 6.45) is 4.59. The summed E-state index contributed by atoms with van der Waals surface area (Å²) in [5.41, 5.74) is 3.83. The van der Waals surface area contributed by atoms with Crippen molar-refractivity contribution in [2.75, 3.05) is 11.8 Å². The van der Waals surface area contributed by atoms with Gasteiger partial charge < -0.3 is 4.74 Å². The largest absolute Gasteiger partial charge is 0.480 e. The number of methoxy groups -OCH3 is 1. The molecule has 1 aromatic carbocycles. The average molecular weight is 484 g/mol. The van der Waals surface area contributed by atoms with E-state index in [4.69, 9.17) is 4.74 Å². The van der Waals surface area contributed by atoms with Crippen LogP contribution in [-0.2, 0) is 10.0 Å². The summed E-state index contributed by atoms with van der Waals surface area (Å²) in [4.78, 5) is 16.5. The van der Waals surface area contributed by atoms with Crippen molar-refractivity contribution in [2.24, 2.45) is 0 Å². The number of anilines is 1. The van der Waals surface area contributed by atoms with Crippen LogP contribution in [0.4, 0.5) is 14.5 Å². The molecule has 11 heteroatoms. The normalized spacial score (nSPS) is 11.3. The summed E-state index contributed by atoms with van der Waals surface area (Å²) in [6, 6.07) is 7.39. The first kappa shape index (κ1) is 23.2. The minimum absolute atomic E-state index is 0.0390. The zero-order valence-corrected chi connectivity index (χ0v) is 19.2. The second-order valence-corrected chi connectivity index (χ2v) is 8.98. The molecule has 0 atom stereocenters. The molecule has 3 aromatic heterocycles. The van der Waals surface area contributed by atoms with Gasteiger partial charge in [-0.2, -0.15) is 0 Å². The van der Waals surface area contributed by atoms with Gasteiger partial charge in [0.15, 0.2) is 0 Å². The van der Waals surface area contributed by atoms with Gasteiger partial charge in [-0.15, -0.1) is 0 Å². The van der Waals surface area contributed by atoms with Crippen molar-refractivity contribution in [3.8, 4) is 28.3 Å². The van der Waals surface area contributed by atoms with Crippen LogP contribution in [0.5, 0.6) is 5.88 Å². The molecule has 34 heavy (non-hydrogen) atoms. The van der Waals surface area contributed by atoms with Crippen LogP contribution in [0.25, 0.3) is 22.4 Å². The van der Waals surface area contributed by atoms with Crippen molar-refractivity contribution in [3.63, 3.8) is 0 Å². The number of hydrogen-bond donors (Lipinski definition) is 1. The van der Waals surface area contributed by atoms with Crippen LogP contribution in [0.2, 0.25) is 0 Å². The predicted octanol–water partition coefficient (Wildman–Crippen LogP) is 4.31. The molecule has 0 saturated heterocycles. The van der Waals surface area contributed by atoms with Crippen LogP contribution in [0.1, 0.15) is 11.4 Å². The van der Waals surface area contributed by atoms with Gasteiger partial charge in [0.1, 0.15) is 28.5 Å². The van der Waals surface area contributed by atoms with Gasteiger partial charge in [-0.1, -0.05) is 0 Å². The zero-order chi connectivity index (χ0) is 24.5. The highest BCUT2D eigenvalue weighted by Crippen LogP contribution is 2.36. The molecule has 4 rings (SSSR count). The van der Waals surface area contributed by atoms with Gasteiger partial charge in [-0.25, -0.2) is 32.2 Å². The van der Waals surface area contributed by atoms with E-state index in [1.54, 1.807) is 13.1 Å². The van der Waals surface area contributed by atoms with Crippen molar-refractivity contribution in [2.45, 2.75) is 18.7 Å². The molecular weight excluding hydrogens is 464 g/mol. The fraction of sp³-hybridized carbons (Fsp3) is 0.130. The second kappa shape index (κ2) is 9.10. The summed E-state index contributed by atoms with van der Waals surface area (Å²) in [5, 5.41) is 0. The Hall–Kier alpha value is -3.99. The highest BCUT2D eigenvalue weighted by molar-refractivity contribution is 7.92. The lowest BCUT2D eigenvalue weighted by molar-refractivity contribution is 0.400. The Morgan fingerprint density at radius 2 is 1.68 bits per heavy atom. The number of aromatic nitrogens is 4. The van der Waals surface area contributed by atoms with Gasteiger partial charge in [0, 0.05) is 46.5 Å². The van der Waals surface area contributed by atoms with Crippen molar-refractivity contribution < 1.29 is 21.9 Å². The number of benzene rings is 1. The second-order valence-electron chi connectivity index (χ2n) is 7.33. The third-order valence-electron chi connectivity index (χ3n) is 4.98. The lowest BCUT2D eigenvalue weighted by Crippen LogP contribution is -2.16. The lowest BCUT2D eigenvalue weighted by Gasteiger charge is -2.15. The molecule has 0 aliphatic rings. The third-order valence-corrected chi connectivity index (χ3v) is 6.38. The standard InChI is InChI=1S/C23H19F2N5O3S/c1-13-4-5-15(10-26-13)22-21(14(2)28-12-29-22)16-8-19(23(33-3)27-11-16)30-34(31,32)20-7-6-17(24)9-18(20)25/h4-12,30H,1-3H3. The van der Waals surface area contributed by atoms with E-state index < -0.39 is 26.6 Å². The molecule has 0 saturated carbocycles. The molecule has 0 fully saturated rings. The molecule has 0 radical (unpaired) electrons. The molecule has 174 valence electrons. The van der Waals surface area contributed by atoms with Crippen LogP contribution in [0.15, 0.2) is 60.0 Å². The fourth-order valence-electron chi connectivity index (χ4n) is 3.36. The number of aryl methyl sites for hydroxylation is 2. The molecular formula is C23H19F2N5O3S. The van der Waals surface area contributed by atoms with E-state index >= 15 is 0 Å². The monoisotopic (exact) mass is 483 g/mol. The van der Waals surface area contributed by atoms with Gasteiger partial charge in [0.05, 0.1) is 12.8 Å². The predicted molar refractivity (Wildman–Crippen MR) is 122 cm³/mol. The summed E-state index contributed by atoms with van der Waals surface area (Å²) in [7, 11) is -3.10. The number of rotatable bonds is 6. The molecule has 3 heterocycles. The Balaban J connectivity index is 1.82. The van der Waals surface area contributed by atoms with E-state index in [-0.39, 0.29) is 11.6 Å². The number of ether oxygens (including phenoxy) is 1. The van der Waals surface area contributed by atoms with E-state index in [2.05, 4.69) is 24.7 Å². The molecule has 0 spiro atoms. The molecule has 0 aliphatic heterocycles. The number of sulfonamides is 1. The Kier molecular flexibility index (Phi) is 6.20. The molecule has 8 nitrogen and oxygen atoms in total. The number of nitrogens with one attached hydrogen (secondary N) is 1. The van der Waals surface area contributed by atoms with Crippen molar-refractivity contribution in [1.82, 2.24) is 19.9 Å². The van der Waals surface area contributed by atoms with Crippen LogP contribution >= 0.6 is 0 Å². The summed E-state index contributed by atoms with van der Waals surface area (Å²) >= 11 is 0. The van der Waals surface area contributed by atoms with Gasteiger partial charge in [-0.05, 0) is 44.2 Å². The summed E-state index contributed by atoms with van der Waals surface area (Å²) in [6.45, 7) is 3.65. The van der Waals surface area contributed by atoms with E-state index in [9.17, 15) is 17.2 Å². The van der Waals surface area contributed by atoms with Crippen LogP contribution < -0.4 is 9.46 Å².